The molecule has 1 aromatic heterocycles. The molecule has 0 aliphatic carbocycles. The summed E-state index contributed by atoms with van der Waals surface area (Å²) in [5.41, 5.74) is 10.1. The summed E-state index contributed by atoms with van der Waals surface area (Å²) in [6.07, 6.45) is 4.89. The second-order valence-corrected chi connectivity index (χ2v) is 9.68. The van der Waals surface area contributed by atoms with Crippen LogP contribution in [0.25, 0.3) is 0 Å². The van der Waals surface area contributed by atoms with Crippen LogP contribution in [0.1, 0.15) is 38.5 Å². The van der Waals surface area contributed by atoms with Gasteiger partial charge in [-0.2, -0.15) is 0 Å². The molecule has 8 nitrogen and oxygen atoms in total. The molecule has 2 aromatic rings. The van der Waals surface area contributed by atoms with Gasteiger partial charge in [0.2, 0.25) is 0 Å². The number of hydrazine groups is 2. The highest BCUT2D eigenvalue weighted by Gasteiger charge is 2.44. The topological polar surface area (TPSA) is 86.9 Å². The van der Waals surface area contributed by atoms with Gasteiger partial charge in [0.05, 0.1) is 36.7 Å². The molecule has 0 bridgehead atoms. The Hall–Kier alpha value is -2.59. The van der Waals surface area contributed by atoms with Crippen LogP contribution in [-0.4, -0.2) is 39.3 Å². The first-order valence-corrected chi connectivity index (χ1v) is 11.7. The van der Waals surface area contributed by atoms with Crippen molar-refractivity contribution in [3.63, 3.8) is 0 Å². The summed E-state index contributed by atoms with van der Waals surface area (Å²) in [4.78, 5) is 15.0. The van der Waals surface area contributed by atoms with E-state index >= 15 is 0 Å². The number of aryl methyl sites for hydroxylation is 1. The lowest BCUT2D eigenvalue weighted by molar-refractivity contribution is -0.0839. The number of hydrogen-bond donors (Lipinski definition) is 4. The van der Waals surface area contributed by atoms with Crippen LogP contribution < -0.4 is 31.3 Å². The fourth-order valence-corrected chi connectivity index (χ4v) is 6.12. The quantitative estimate of drug-likeness (QED) is 0.563. The van der Waals surface area contributed by atoms with Gasteiger partial charge in [0, 0.05) is 29.4 Å². The number of carbonyl (C=O) groups is 1. The maximum absolute atomic E-state index is 12.3. The van der Waals surface area contributed by atoms with Crippen LogP contribution in [-0.2, 0) is 16.8 Å². The number of amides is 1. The zero-order chi connectivity index (χ0) is 22.3. The number of nitrogens with one attached hydrogen (secondary N) is 4. The molecular formula is C23H29N5O3S. The third-order valence-corrected chi connectivity index (χ3v) is 7.72. The van der Waals surface area contributed by atoms with Crippen molar-refractivity contribution in [3.05, 3.63) is 57.0 Å². The van der Waals surface area contributed by atoms with Crippen LogP contribution >= 0.6 is 11.3 Å². The molecule has 1 fully saturated rings. The van der Waals surface area contributed by atoms with Crippen LogP contribution in [0.2, 0.25) is 0 Å². The highest BCUT2D eigenvalue weighted by Crippen LogP contribution is 2.46. The Balaban J connectivity index is 1.39. The van der Waals surface area contributed by atoms with Crippen LogP contribution in [0.15, 0.2) is 36.2 Å². The molecule has 3 aliphatic rings. The number of piperidine rings is 1. The van der Waals surface area contributed by atoms with Crippen LogP contribution in [0.4, 0.5) is 5.69 Å². The molecule has 0 unspecified atom stereocenters. The predicted molar refractivity (Wildman–Crippen MR) is 125 cm³/mol. The number of hydrogen-bond acceptors (Lipinski definition) is 8. The Labute approximate surface area is 191 Å². The molecule has 3 aliphatic heterocycles. The number of anilines is 1. The molecule has 4 N–H and O–H groups in total. The number of ether oxygens (including phenoxy) is 2. The van der Waals surface area contributed by atoms with E-state index in [0.717, 1.165) is 43.8 Å². The van der Waals surface area contributed by atoms with Gasteiger partial charge in [0.25, 0.3) is 5.91 Å². The van der Waals surface area contributed by atoms with Gasteiger partial charge < -0.3 is 25.5 Å². The van der Waals surface area contributed by atoms with E-state index in [4.69, 9.17) is 9.47 Å². The number of nitrogens with zero attached hydrogens (tertiary/aromatic N) is 1. The van der Waals surface area contributed by atoms with Crippen molar-refractivity contribution in [2.24, 2.45) is 0 Å². The molecule has 1 spiro atoms. The number of fused-ring (bicyclic) bond motifs is 2. The number of carbonyl (C=O) groups excluding carboxylic acids is 1. The van der Waals surface area contributed by atoms with Gasteiger partial charge in [0.1, 0.15) is 11.4 Å². The largest absolute Gasteiger partial charge is 0.496 e. The van der Waals surface area contributed by atoms with Gasteiger partial charge in [-0.3, -0.25) is 9.80 Å². The van der Waals surface area contributed by atoms with Crippen molar-refractivity contribution < 1.29 is 14.3 Å². The first-order chi connectivity index (χ1) is 15.5. The van der Waals surface area contributed by atoms with Gasteiger partial charge in [-0.15, -0.1) is 16.9 Å². The van der Waals surface area contributed by atoms with Crippen molar-refractivity contribution in [2.45, 2.75) is 37.8 Å². The van der Waals surface area contributed by atoms with Crippen molar-refractivity contribution in [2.75, 3.05) is 32.3 Å². The Morgan fingerprint density at radius 1 is 1.38 bits per heavy atom. The summed E-state index contributed by atoms with van der Waals surface area (Å²) in [6, 6.07) is 7.99. The molecule has 2 atom stereocenters. The first-order valence-electron chi connectivity index (χ1n) is 10.9. The molecular weight excluding hydrogens is 426 g/mol. The fourth-order valence-electron chi connectivity index (χ4n) is 4.87. The number of benzene rings is 1. The van der Waals surface area contributed by atoms with Crippen molar-refractivity contribution in [3.8, 4) is 5.75 Å². The summed E-state index contributed by atoms with van der Waals surface area (Å²) in [7, 11) is 3.17. The minimum atomic E-state index is -0.217. The molecule has 1 amide bonds. The Morgan fingerprint density at radius 2 is 2.25 bits per heavy atom. The van der Waals surface area contributed by atoms with Crippen LogP contribution in [0, 0.1) is 6.92 Å². The third kappa shape index (κ3) is 3.65. The number of methoxy groups -OCH3 is 1. The van der Waals surface area contributed by atoms with E-state index in [0.29, 0.717) is 11.3 Å². The van der Waals surface area contributed by atoms with E-state index in [-0.39, 0.29) is 17.6 Å². The lowest BCUT2D eigenvalue weighted by Crippen LogP contribution is -2.51. The maximum atomic E-state index is 12.3. The molecule has 1 saturated heterocycles. The number of thiophene rings is 1. The van der Waals surface area contributed by atoms with E-state index < -0.39 is 0 Å². The molecule has 32 heavy (non-hydrogen) atoms. The monoisotopic (exact) mass is 455 g/mol. The standard InChI is InChI=1S/C23H29N5O3S/c1-14-10-15-6-9-31-23(21(15)32-14)7-8-25-18(12-23)19-13-28(27-26-19)16-4-5-20(30-3)17(11-16)22(29)24-2/h4-5,10-11,13,18,25-27H,6-9,12H2,1-3H3,(H,24,29)/t18-,23-/m0/s1. The summed E-state index contributed by atoms with van der Waals surface area (Å²) < 4.78 is 11.8. The summed E-state index contributed by atoms with van der Waals surface area (Å²) in [5.74, 6) is 0.351. The molecule has 5 rings (SSSR count). The van der Waals surface area contributed by atoms with E-state index in [9.17, 15) is 4.79 Å². The van der Waals surface area contributed by atoms with Crippen molar-refractivity contribution in [1.82, 2.24) is 21.6 Å². The maximum Gasteiger partial charge on any atom is 0.254 e. The Kier molecular flexibility index (Phi) is 5.58. The van der Waals surface area contributed by atoms with E-state index in [1.807, 2.05) is 34.7 Å². The number of rotatable bonds is 4. The van der Waals surface area contributed by atoms with Crippen LogP contribution in [0.5, 0.6) is 5.75 Å². The average molecular weight is 456 g/mol. The molecule has 1 aromatic carbocycles. The van der Waals surface area contributed by atoms with Crippen LogP contribution in [0.3, 0.4) is 0 Å². The zero-order valence-corrected chi connectivity index (χ0v) is 19.4. The second-order valence-electron chi connectivity index (χ2n) is 8.42. The van der Waals surface area contributed by atoms with Gasteiger partial charge in [-0.05, 0) is 56.1 Å². The van der Waals surface area contributed by atoms with Crippen molar-refractivity contribution in [1.29, 1.82) is 0 Å². The normalized spacial score (nSPS) is 24.7. The molecule has 9 heteroatoms. The Morgan fingerprint density at radius 3 is 3.06 bits per heavy atom. The van der Waals surface area contributed by atoms with E-state index in [1.165, 1.54) is 15.3 Å². The second kappa shape index (κ2) is 8.40. The van der Waals surface area contributed by atoms with Gasteiger partial charge in [-0.25, -0.2) is 0 Å². The van der Waals surface area contributed by atoms with E-state index in [1.54, 1.807) is 20.2 Å². The average Bonchev–Trinajstić information content (AvgIpc) is 3.46. The third-order valence-electron chi connectivity index (χ3n) is 6.45. The van der Waals surface area contributed by atoms with Gasteiger partial charge >= 0.3 is 0 Å². The molecule has 0 radical (unpaired) electrons. The van der Waals surface area contributed by atoms with Gasteiger partial charge in [0.15, 0.2) is 0 Å². The van der Waals surface area contributed by atoms with Gasteiger partial charge in [-0.1, -0.05) is 0 Å². The highest BCUT2D eigenvalue weighted by atomic mass is 32.1. The fraction of sp³-hybridized carbons (Fsp3) is 0.435. The van der Waals surface area contributed by atoms with Crippen molar-refractivity contribution >= 4 is 22.9 Å². The molecule has 4 heterocycles. The first kappa shape index (κ1) is 21.3. The lowest BCUT2D eigenvalue weighted by atomic mass is 9.82. The SMILES string of the molecule is CNC(=O)c1cc(N2C=C([C@@H]3C[C@]4(CCN3)OCCc3cc(C)sc34)NN2)ccc1OC. The minimum Gasteiger partial charge on any atom is -0.496 e. The minimum absolute atomic E-state index is 0.131. The smallest absolute Gasteiger partial charge is 0.254 e. The molecule has 0 saturated carbocycles. The lowest BCUT2D eigenvalue weighted by Gasteiger charge is -2.43. The zero-order valence-electron chi connectivity index (χ0n) is 18.6. The summed E-state index contributed by atoms with van der Waals surface area (Å²) in [6.45, 7) is 3.85. The van der Waals surface area contributed by atoms with E-state index in [2.05, 4.69) is 34.6 Å². The highest BCUT2D eigenvalue weighted by molar-refractivity contribution is 7.12. The molecule has 170 valence electrons. The predicted octanol–water partition coefficient (Wildman–Crippen LogP) is 2.32. The summed E-state index contributed by atoms with van der Waals surface area (Å²) in [5, 5.41) is 8.19. The Bertz CT molecular complexity index is 1070. The summed E-state index contributed by atoms with van der Waals surface area (Å²) >= 11 is 1.88.